The molecular formula is C16H14O2S. The Morgan fingerprint density at radius 1 is 1.21 bits per heavy atom. The highest BCUT2D eigenvalue weighted by Gasteiger charge is 2.25. The molecule has 0 aromatic heterocycles. The molecule has 2 aliphatic rings. The van der Waals surface area contributed by atoms with Gasteiger partial charge in [0, 0.05) is 16.9 Å². The van der Waals surface area contributed by atoms with Gasteiger partial charge in [-0.1, -0.05) is 48.6 Å². The molecule has 1 heterocycles. The molecule has 1 aliphatic heterocycles. The van der Waals surface area contributed by atoms with Gasteiger partial charge in [0.05, 0.1) is 5.75 Å². The SMILES string of the molecule is O=C1CSC=C(C2=CC=CCC2c2ccccc2)O1. The molecule has 19 heavy (non-hydrogen) atoms. The van der Waals surface area contributed by atoms with Crippen molar-refractivity contribution in [3.8, 4) is 0 Å². The van der Waals surface area contributed by atoms with E-state index in [2.05, 4.69) is 18.2 Å². The normalized spacial score (nSPS) is 22.5. The first kappa shape index (κ1) is 12.3. The lowest BCUT2D eigenvalue weighted by molar-refractivity contribution is -0.136. The summed E-state index contributed by atoms with van der Waals surface area (Å²) in [5.41, 5.74) is 2.35. The fourth-order valence-electron chi connectivity index (χ4n) is 2.37. The van der Waals surface area contributed by atoms with Gasteiger partial charge in [-0.3, -0.25) is 4.79 Å². The van der Waals surface area contributed by atoms with Crippen LogP contribution in [0.4, 0.5) is 0 Å². The summed E-state index contributed by atoms with van der Waals surface area (Å²) in [6, 6.07) is 10.3. The third kappa shape index (κ3) is 2.66. The van der Waals surface area contributed by atoms with Crippen LogP contribution in [0.3, 0.4) is 0 Å². The summed E-state index contributed by atoms with van der Waals surface area (Å²) in [6.45, 7) is 0. The minimum absolute atomic E-state index is 0.162. The summed E-state index contributed by atoms with van der Waals surface area (Å²) >= 11 is 1.50. The van der Waals surface area contributed by atoms with E-state index in [1.807, 2.05) is 35.8 Å². The quantitative estimate of drug-likeness (QED) is 0.765. The number of carbonyl (C=O) groups is 1. The Labute approximate surface area is 116 Å². The molecular weight excluding hydrogens is 256 g/mol. The average Bonchev–Trinajstić information content (AvgIpc) is 2.48. The second kappa shape index (κ2) is 5.49. The van der Waals surface area contributed by atoms with Gasteiger partial charge in [-0.15, -0.1) is 11.8 Å². The number of allylic oxidation sites excluding steroid dienone is 4. The first-order chi connectivity index (χ1) is 9.34. The number of rotatable bonds is 2. The summed E-state index contributed by atoms with van der Waals surface area (Å²) in [7, 11) is 0. The Morgan fingerprint density at radius 2 is 2.05 bits per heavy atom. The third-order valence-corrected chi connectivity index (χ3v) is 4.04. The van der Waals surface area contributed by atoms with Crippen molar-refractivity contribution in [1.82, 2.24) is 0 Å². The van der Waals surface area contributed by atoms with E-state index >= 15 is 0 Å². The van der Waals surface area contributed by atoms with E-state index in [-0.39, 0.29) is 11.9 Å². The van der Waals surface area contributed by atoms with Gasteiger partial charge in [0.1, 0.15) is 5.76 Å². The Kier molecular flexibility index (Phi) is 3.56. The molecule has 0 fully saturated rings. The van der Waals surface area contributed by atoms with E-state index in [1.54, 1.807) is 0 Å². The van der Waals surface area contributed by atoms with E-state index in [4.69, 9.17) is 4.74 Å². The molecule has 3 heteroatoms. The maximum atomic E-state index is 11.4. The Morgan fingerprint density at radius 3 is 2.84 bits per heavy atom. The fraction of sp³-hybridized carbons (Fsp3) is 0.188. The van der Waals surface area contributed by atoms with Crippen molar-refractivity contribution >= 4 is 17.7 Å². The van der Waals surface area contributed by atoms with Crippen LogP contribution in [0.15, 0.2) is 65.3 Å². The van der Waals surface area contributed by atoms with E-state index in [1.165, 1.54) is 17.3 Å². The molecule has 1 aromatic carbocycles. The van der Waals surface area contributed by atoms with E-state index in [0.717, 1.165) is 12.0 Å². The van der Waals surface area contributed by atoms with Crippen LogP contribution in [-0.4, -0.2) is 11.7 Å². The average molecular weight is 270 g/mol. The van der Waals surface area contributed by atoms with Crippen molar-refractivity contribution in [3.05, 3.63) is 70.9 Å². The van der Waals surface area contributed by atoms with Crippen molar-refractivity contribution in [3.63, 3.8) is 0 Å². The van der Waals surface area contributed by atoms with Gasteiger partial charge < -0.3 is 4.74 Å². The largest absolute Gasteiger partial charge is 0.425 e. The van der Waals surface area contributed by atoms with Gasteiger partial charge in [-0.05, 0) is 12.0 Å². The maximum Gasteiger partial charge on any atom is 0.321 e. The Hall–Kier alpha value is -1.74. The second-order valence-corrected chi connectivity index (χ2v) is 5.37. The zero-order chi connectivity index (χ0) is 13.1. The number of benzene rings is 1. The number of carbonyl (C=O) groups excluding carboxylic acids is 1. The molecule has 1 atom stereocenters. The zero-order valence-electron chi connectivity index (χ0n) is 10.4. The molecule has 0 bridgehead atoms. The van der Waals surface area contributed by atoms with Crippen LogP contribution >= 0.6 is 11.8 Å². The molecule has 1 aromatic rings. The molecule has 3 rings (SSSR count). The van der Waals surface area contributed by atoms with Crippen LogP contribution < -0.4 is 0 Å². The predicted molar refractivity (Wildman–Crippen MR) is 77.7 cm³/mol. The minimum atomic E-state index is -0.162. The molecule has 0 saturated carbocycles. The van der Waals surface area contributed by atoms with Crippen molar-refractivity contribution < 1.29 is 9.53 Å². The standard InChI is InChI=1S/C16H14O2S/c17-16-11-19-10-15(18-16)14-9-5-4-8-13(14)12-6-2-1-3-7-12/h1-7,9-10,13H,8,11H2. The van der Waals surface area contributed by atoms with Crippen molar-refractivity contribution in [2.45, 2.75) is 12.3 Å². The number of hydrogen-bond acceptors (Lipinski definition) is 3. The molecule has 1 unspecified atom stereocenters. The first-order valence-corrected chi connectivity index (χ1v) is 7.34. The zero-order valence-corrected chi connectivity index (χ0v) is 11.2. The van der Waals surface area contributed by atoms with Crippen molar-refractivity contribution in [2.75, 3.05) is 5.75 Å². The smallest absolute Gasteiger partial charge is 0.321 e. The predicted octanol–water partition coefficient (Wildman–Crippen LogP) is 3.79. The number of hydrogen-bond donors (Lipinski definition) is 0. The van der Waals surface area contributed by atoms with Gasteiger partial charge in [0.25, 0.3) is 0 Å². The molecule has 2 nitrogen and oxygen atoms in total. The summed E-state index contributed by atoms with van der Waals surface area (Å²) < 4.78 is 5.38. The van der Waals surface area contributed by atoms with Crippen LogP contribution in [0, 0.1) is 0 Å². The summed E-state index contributed by atoms with van der Waals surface area (Å²) in [5, 5.41) is 1.95. The lowest BCUT2D eigenvalue weighted by Gasteiger charge is -2.25. The van der Waals surface area contributed by atoms with Gasteiger partial charge in [-0.25, -0.2) is 0 Å². The lowest BCUT2D eigenvalue weighted by Crippen LogP contribution is -2.16. The minimum Gasteiger partial charge on any atom is -0.425 e. The molecule has 0 N–H and O–H groups in total. The topological polar surface area (TPSA) is 26.3 Å². The number of ether oxygens (including phenoxy) is 1. The van der Waals surface area contributed by atoms with Crippen LogP contribution in [0.5, 0.6) is 0 Å². The second-order valence-electron chi connectivity index (χ2n) is 4.52. The maximum absolute atomic E-state index is 11.4. The Bertz CT molecular complexity index is 570. The highest BCUT2D eigenvalue weighted by atomic mass is 32.2. The summed E-state index contributed by atoms with van der Waals surface area (Å²) in [4.78, 5) is 11.4. The number of esters is 1. The fourth-order valence-corrected chi connectivity index (χ4v) is 2.99. The van der Waals surface area contributed by atoms with Gasteiger partial charge >= 0.3 is 5.97 Å². The van der Waals surface area contributed by atoms with Crippen molar-refractivity contribution in [1.29, 1.82) is 0 Å². The molecule has 0 amide bonds. The highest BCUT2D eigenvalue weighted by Crippen LogP contribution is 2.37. The van der Waals surface area contributed by atoms with Crippen molar-refractivity contribution in [2.24, 2.45) is 0 Å². The molecule has 0 saturated heterocycles. The molecule has 96 valence electrons. The van der Waals surface area contributed by atoms with E-state index in [9.17, 15) is 4.79 Å². The molecule has 0 radical (unpaired) electrons. The Balaban J connectivity index is 1.93. The number of thioether (sulfide) groups is 1. The number of cyclic esters (lactones) is 1. The summed E-state index contributed by atoms with van der Waals surface area (Å²) in [6.07, 6.45) is 7.17. The van der Waals surface area contributed by atoms with Crippen LogP contribution in [0.2, 0.25) is 0 Å². The monoisotopic (exact) mass is 270 g/mol. The molecule has 0 spiro atoms. The van der Waals surface area contributed by atoms with Crippen LogP contribution in [-0.2, 0) is 9.53 Å². The van der Waals surface area contributed by atoms with Gasteiger partial charge in [-0.2, -0.15) is 0 Å². The lowest BCUT2D eigenvalue weighted by atomic mass is 9.84. The van der Waals surface area contributed by atoms with Crippen LogP contribution in [0.1, 0.15) is 17.9 Å². The van der Waals surface area contributed by atoms with Crippen LogP contribution in [0.25, 0.3) is 0 Å². The highest BCUT2D eigenvalue weighted by molar-refractivity contribution is 8.02. The van der Waals surface area contributed by atoms with E-state index < -0.39 is 0 Å². The summed E-state index contributed by atoms with van der Waals surface area (Å²) in [5.74, 6) is 1.22. The van der Waals surface area contributed by atoms with Gasteiger partial charge in [0.2, 0.25) is 0 Å². The first-order valence-electron chi connectivity index (χ1n) is 6.29. The third-order valence-electron chi connectivity index (χ3n) is 3.26. The van der Waals surface area contributed by atoms with Gasteiger partial charge in [0.15, 0.2) is 0 Å². The van der Waals surface area contributed by atoms with E-state index in [0.29, 0.717) is 11.5 Å². The molecule has 1 aliphatic carbocycles.